The maximum atomic E-state index is 10.5. The van der Waals surface area contributed by atoms with Gasteiger partial charge in [-0.2, -0.15) is 10.5 Å². The summed E-state index contributed by atoms with van der Waals surface area (Å²) in [7, 11) is 0. The van der Waals surface area contributed by atoms with E-state index in [1.165, 1.54) is 0 Å². The van der Waals surface area contributed by atoms with Crippen LogP contribution in [-0.2, 0) is 0 Å². The highest BCUT2D eigenvalue weighted by Crippen LogP contribution is 2.43. The van der Waals surface area contributed by atoms with E-state index in [1.807, 2.05) is 32.0 Å². The first-order valence-electron chi connectivity index (χ1n) is 8.19. The van der Waals surface area contributed by atoms with Crippen molar-refractivity contribution in [1.82, 2.24) is 10.3 Å². The summed E-state index contributed by atoms with van der Waals surface area (Å²) in [6, 6.07) is 6.42. The van der Waals surface area contributed by atoms with E-state index in [2.05, 4.69) is 20.6 Å². The van der Waals surface area contributed by atoms with Crippen molar-refractivity contribution in [3.8, 4) is 18.0 Å². The molecule has 2 heterocycles. The largest absolute Gasteiger partial charge is 0.508 e. The highest BCUT2D eigenvalue weighted by molar-refractivity contribution is 5.98. The van der Waals surface area contributed by atoms with Crippen molar-refractivity contribution in [2.75, 3.05) is 16.8 Å². The van der Waals surface area contributed by atoms with Gasteiger partial charge in [0.25, 0.3) is 0 Å². The molecule has 0 fully saturated rings. The number of aromatic nitrogens is 1. The van der Waals surface area contributed by atoms with Crippen LogP contribution in [-0.4, -0.2) is 16.1 Å². The van der Waals surface area contributed by atoms with Crippen molar-refractivity contribution in [1.29, 1.82) is 10.5 Å². The van der Waals surface area contributed by atoms with Gasteiger partial charge in [-0.25, -0.2) is 9.98 Å². The Morgan fingerprint density at radius 2 is 2.04 bits per heavy atom. The molecule has 27 heavy (non-hydrogen) atoms. The Morgan fingerprint density at radius 3 is 2.67 bits per heavy atom. The lowest BCUT2D eigenvalue weighted by Gasteiger charge is -2.27. The fraction of sp³-hybridized carbons (Fsp3) is 0.222. The molecule has 9 nitrogen and oxygen atoms in total. The van der Waals surface area contributed by atoms with Gasteiger partial charge >= 0.3 is 0 Å². The molecule has 1 atom stereocenters. The summed E-state index contributed by atoms with van der Waals surface area (Å²) in [6.07, 6.45) is 1.79. The molecular weight excluding hydrogens is 344 g/mol. The minimum absolute atomic E-state index is 0.0204. The van der Waals surface area contributed by atoms with E-state index in [4.69, 9.17) is 16.7 Å². The zero-order valence-corrected chi connectivity index (χ0v) is 14.8. The fourth-order valence-corrected chi connectivity index (χ4v) is 2.96. The molecular formula is C18H18N8O. The first kappa shape index (κ1) is 17.8. The first-order valence-corrected chi connectivity index (χ1v) is 8.19. The van der Waals surface area contributed by atoms with E-state index >= 15 is 0 Å². The number of nitrogen functional groups attached to an aromatic ring is 2. The zero-order valence-electron chi connectivity index (χ0n) is 14.8. The van der Waals surface area contributed by atoms with Gasteiger partial charge in [0.05, 0.1) is 5.69 Å². The SMILES string of the molecule is CC(C)c1ccc(O)c(C2N=C(NC#N)Nc3nc(N)c(C#N)c(N)c32)c1. The predicted molar refractivity (Wildman–Crippen MR) is 102 cm³/mol. The first-order chi connectivity index (χ1) is 12.9. The highest BCUT2D eigenvalue weighted by atomic mass is 16.3. The molecule has 2 aromatic rings. The molecule has 0 aliphatic carbocycles. The molecule has 7 N–H and O–H groups in total. The standard InChI is InChI=1S/C18H18N8O/c1-8(2)9-3-4-12(27)10(5-9)15-13-14(21)11(6-19)16(22)25-17(13)26-18(24-15)23-7-20/h3-5,8,15,27H,1-2H3,(H6,21,22,23,24,25,26). The van der Waals surface area contributed by atoms with Crippen LogP contribution in [0.15, 0.2) is 23.2 Å². The minimum Gasteiger partial charge on any atom is -0.508 e. The molecule has 3 rings (SSSR count). The number of nitrogens with two attached hydrogens (primary N) is 2. The summed E-state index contributed by atoms with van der Waals surface area (Å²) in [5.41, 5.74) is 14.1. The third-order valence-corrected chi connectivity index (χ3v) is 4.37. The van der Waals surface area contributed by atoms with Gasteiger partial charge in [0.1, 0.15) is 35.1 Å². The lowest BCUT2D eigenvalue weighted by Crippen LogP contribution is -2.32. The van der Waals surface area contributed by atoms with Crippen molar-refractivity contribution < 1.29 is 5.11 Å². The zero-order chi connectivity index (χ0) is 19.7. The van der Waals surface area contributed by atoms with Gasteiger partial charge in [0.15, 0.2) is 6.19 Å². The number of nitrogens with one attached hydrogen (secondary N) is 2. The average molecular weight is 362 g/mol. The number of benzene rings is 1. The normalized spacial score (nSPS) is 15.1. The number of guanidine groups is 1. The summed E-state index contributed by atoms with van der Waals surface area (Å²) in [6.45, 7) is 4.06. The number of aliphatic imine (C=N–C) groups is 1. The number of pyridine rings is 1. The lowest BCUT2D eigenvalue weighted by molar-refractivity contribution is 0.465. The average Bonchev–Trinajstić information content (AvgIpc) is 2.61. The number of hydrogen-bond donors (Lipinski definition) is 5. The molecule has 1 aromatic carbocycles. The Balaban J connectivity index is 2.29. The Hall–Kier alpha value is -3.98. The molecule has 1 unspecified atom stereocenters. The number of fused-ring (bicyclic) bond motifs is 1. The predicted octanol–water partition coefficient (Wildman–Crippen LogP) is 1.89. The Bertz CT molecular complexity index is 1030. The molecule has 1 aromatic heterocycles. The fourth-order valence-electron chi connectivity index (χ4n) is 2.96. The number of anilines is 3. The van der Waals surface area contributed by atoms with Gasteiger partial charge in [-0.3, -0.25) is 5.32 Å². The molecule has 136 valence electrons. The second-order valence-electron chi connectivity index (χ2n) is 6.37. The quantitative estimate of drug-likeness (QED) is 0.398. The van der Waals surface area contributed by atoms with Crippen LogP contribution in [0.5, 0.6) is 5.75 Å². The van der Waals surface area contributed by atoms with Crippen LogP contribution in [0.25, 0.3) is 0 Å². The van der Waals surface area contributed by atoms with E-state index in [0.29, 0.717) is 11.1 Å². The summed E-state index contributed by atoms with van der Waals surface area (Å²) < 4.78 is 0. The van der Waals surface area contributed by atoms with E-state index < -0.39 is 6.04 Å². The second kappa shape index (κ2) is 6.73. The Labute approximate surface area is 156 Å². The second-order valence-corrected chi connectivity index (χ2v) is 6.37. The number of nitrogens with zero attached hydrogens (tertiary/aromatic N) is 4. The van der Waals surface area contributed by atoms with Crippen LogP contribution in [0.3, 0.4) is 0 Å². The number of aromatic hydroxyl groups is 1. The van der Waals surface area contributed by atoms with Crippen LogP contribution in [0.4, 0.5) is 17.3 Å². The number of nitriles is 2. The summed E-state index contributed by atoms with van der Waals surface area (Å²) >= 11 is 0. The molecule has 1 aliphatic rings. The molecule has 0 saturated carbocycles. The summed E-state index contributed by atoms with van der Waals surface area (Å²) in [4.78, 5) is 8.65. The van der Waals surface area contributed by atoms with E-state index in [-0.39, 0.29) is 40.5 Å². The highest BCUT2D eigenvalue weighted by Gasteiger charge is 2.31. The maximum Gasteiger partial charge on any atom is 0.211 e. The van der Waals surface area contributed by atoms with Crippen LogP contribution < -0.4 is 22.1 Å². The monoisotopic (exact) mass is 362 g/mol. The molecule has 0 radical (unpaired) electrons. The third-order valence-electron chi connectivity index (χ3n) is 4.37. The van der Waals surface area contributed by atoms with E-state index in [0.717, 1.165) is 5.56 Å². The molecule has 0 saturated heterocycles. The number of phenolic OH excluding ortho intramolecular Hbond substituents is 1. The van der Waals surface area contributed by atoms with Crippen molar-refractivity contribution in [3.05, 3.63) is 40.5 Å². The van der Waals surface area contributed by atoms with Gasteiger partial charge in [-0.1, -0.05) is 19.9 Å². The van der Waals surface area contributed by atoms with Crippen LogP contribution in [0.2, 0.25) is 0 Å². The lowest BCUT2D eigenvalue weighted by atomic mass is 9.91. The van der Waals surface area contributed by atoms with Crippen molar-refractivity contribution in [3.63, 3.8) is 0 Å². The van der Waals surface area contributed by atoms with Crippen LogP contribution in [0.1, 0.15) is 48.1 Å². The number of phenols is 1. The van der Waals surface area contributed by atoms with Gasteiger partial charge < -0.3 is 21.9 Å². The molecule has 0 amide bonds. The Kier molecular flexibility index (Phi) is 4.44. The van der Waals surface area contributed by atoms with Crippen molar-refractivity contribution in [2.45, 2.75) is 25.8 Å². The number of hydrogen-bond acceptors (Lipinski definition) is 9. The van der Waals surface area contributed by atoms with E-state index in [9.17, 15) is 10.4 Å². The smallest absolute Gasteiger partial charge is 0.211 e. The van der Waals surface area contributed by atoms with E-state index in [1.54, 1.807) is 12.3 Å². The van der Waals surface area contributed by atoms with Crippen molar-refractivity contribution in [2.24, 2.45) is 4.99 Å². The van der Waals surface area contributed by atoms with Crippen molar-refractivity contribution >= 4 is 23.3 Å². The third kappa shape index (κ3) is 3.02. The summed E-state index contributed by atoms with van der Waals surface area (Å²) in [5, 5.41) is 34.0. The van der Waals surface area contributed by atoms with Crippen LogP contribution in [0, 0.1) is 22.8 Å². The van der Waals surface area contributed by atoms with Gasteiger partial charge in [-0.05, 0) is 23.6 Å². The summed E-state index contributed by atoms with van der Waals surface area (Å²) in [5.74, 6) is 0.629. The minimum atomic E-state index is -0.768. The van der Waals surface area contributed by atoms with Gasteiger partial charge in [-0.15, -0.1) is 0 Å². The molecule has 0 spiro atoms. The van der Waals surface area contributed by atoms with Crippen LogP contribution >= 0.6 is 0 Å². The molecule has 1 aliphatic heterocycles. The number of rotatable bonds is 2. The molecule has 0 bridgehead atoms. The van der Waals surface area contributed by atoms with Gasteiger partial charge in [0, 0.05) is 11.1 Å². The van der Waals surface area contributed by atoms with Gasteiger partial charge in [0.2, 0.25) is 5.96 Å². The maximum absolute atomic E-state index is 10.5. The topological polar surface area (TPSA) is 169 Å². The Morgan fingerprint density at radius 1 is 1.30 bits per heavy atom. The molecule has 9 heteroatoms.